The normalized spacial score (nSPS) is 11.6. The molecule has 2 N–H and O–H groups in total. The highest BCUT2D eigenvalue weighted by Gasteiger charge is 2.13. The average Bonchev–Trinajstić information content (AvgIpc) is 2.43. The monoisotopic (exact) mass is 295 g/mol. The van der Waals surface area contributed by atoms with E-state index in [1.165, 1.54) is 0 Å². The number of ether oxygens (including phenoxy) is 2. The number of hydrogen-bond donors (Lipinski definition) is 2. The number of carbonyl (C=O) groups is 2. The molecule has 1 amide bonds. The highest BCUT2D eigenvalue weighted by Crippen LogP contribution is 2.24. The van der Waals surface area contributed by atoms with Gasteiger partial charge in [0.25, 0.3) is 0 Å². The molecule has 1 atom stereocenters. The Hall–Kier alpha value is -2.24. The van der Waals surface area contributed by atoms with Gasteiger partial charge in [0.2, 0.25) is 5.91 Å². The van der Waals surface area contributed by atoms with E-state index >= 15 is 0 Å². The Kier molecular flexibility index (Phi) is 6.52. The summed E-state index contributed by atoms with van der Waals surface area (Å²) in [6.45, 7) is 2.06. The molecule has 0 aliphatic heterocycles. The van der Waals surface area contributed by atoms with Crippen molar-refractivity contribution in [3.05, 3.63) is 23.8 Å². The lowest BCUT2D eigenvalue weighted by atomic mass is 10.0. The Bertz CT molecular complexity index is 501. The lowest BCUT2D eigenvalue weighted by Gasteiger charge is -2.12. The lowest BCUT2D eigenvalue weighted by Crippen LogP contribution is -2.25. The van der Waals surface area contributed by atoms with E-state index in [9.17, 15) is 9.59 Å². The number of rotatable bonds is 8. The van der Waals surface area contributed by atoms with Crippen LogP contribution < -0.4 is 14.8 Å². The third kappa shape index (κ3) is 5.72. The number of nitrogens with one attached hydrogen (secondary N) is 1. The standard InChI is InChI=1S/C15H21NO5/c1-10(7-15(18)19)6-14(17)16-9-11-4-5-12(20-2)8-13(11)21-3/h4-5,8,10H,6-7,9H2,1-3H3,(H,16,17)(H,18,19). The fraction of sp³-hybridized carbons (Fsp3) is 0.467. The molecule has 0 bridgehead atoms. The molecule has 0 aromatic heterocycles. The van der Waals surface area contributed by atoms with Gasteiger partial charge in [-0.25, -0.2) is 0 Å². The molecule has 1 aromatic carbocycles. The second kappa shape index (κ2) is 8.14. The first-order valence-electron chi connectivity index (χ1n) is 6.65. The quantitative estimate of drug-likeness (QED) is 0.764. The first-order valence-corrected chi connectivity index (χ1v) is 6.65. The Morgan fingerprint density at radius 1 is 1.24 bits per heavy atom. The van der Waals surface area contributed by atoms with Crippen LogP contribution in [0.25, 0.3) is 0 Å². The van der Waals surface area contributed by atoms with Crippen molar-refractivity contribution >= 4 is 11.9 Å². The van der Waals surface area contributed by atoms with Crippen LogP contribution in [0.3, 0.4) is 0 Å². The van der Waals surface area contributed by atoms with Gasteiger partial charge < -0.3 is 19.9 Å². The van der Waals surface area contributed by atoms with Gasteiger partial charge in [0.1, 0.15) is 11.5 Å². The predicted octanol–water partition coefficient (Wildman–Crippen LogP) is 1.82. The van der Waals surface area contributed by atoms with Crippen LogP contribution in [-0.2, 0) is 16.1 Å². The van der Waals surface area contributed by atoms with Crippen LogP contribution in [-0.4, -0.2) is 31.2 Å². The van der Waals surface area contributed by atoms with E-state index in [4.69, 9.17) is 14.6 Å². The van der Waals surface area contributed by atoms with Crippen LogP contribution >= 0.6 is 0 Å². The summed E-state index contributed by atoms with van der Waals surface area (Å²) in [6.07, 6.45) is 0.171. The smallest absolute Gasteiger partial charge is 0.303 e. The van der Waals surface area contributed by atoms with Crippen LogP contribution in [0.5, 0.6) is 11.5 Å². The van der Waals surface area contributed by atoms with Gasteiger partial charge in [-0.1, -0.05) is 6.92 Å². The number of hydrogen-bond acceptors (Lipinski definition) is 4. The molecule has 6 heteroatoms. The molecule has 0 spiro atoms. The number of methoxy groups -OCH3 is 2. The zero-order chi connectivity index (χ0) is 15.8. The molecule has 0 fully saturated rings. The number of carboxylic acid groups (broad SMARTS) is 1. The van der Waals surface area contributed by atoms with Gasteiger partial charge in [0, 0.05) is 31.0 Å². The summed E-state index contributed by atoms with van der Waals surface area (Å²) in [5.41, 5.74) is 0.831. The number of carboxylic acids is 1. The van der Waals surface area contributed by atoms with Crippen LogP contribution in [0.2, 0.25) is 0 Å². The van der Waals surface area contributed by atoms with Crippen molar-refractivity contribution in [1.29, 1.82) is 0 Å². The van der Waals surface area contributed by atoms with Gasteiger partial charge in [-0.05, 0) is 18.1 Å². The number of carbonyl (C=O) groups excluding carboxylic acids is 1. The van der Waals surface area contributed by atoms with E-state index in [-0.39, 0.29) is 24.7 Å². The van der Waals surface area contributed by atoms with Gasteiger partial charge in [-0.3, -0.25) is 9.59 Å². The largest absolute Gasteiger partial charge is 0.497 e. The van der Waals surface area contributed by atoms with Gasteiger partial charge in [-0.2, -0.15) is 0 Å². The van der Waals surface area contributed by atoms with E-state index < -0.39 is 5.97 Å². The molecule has 0 aliphatic carbocycles. The minimum atomic E-state index is -0.896. The summed E-state index contributed by atoms with van der Waals surface area (Å²) < 4.78 is 10.3. The first kappa shape index (κ1) is 16.8. The molecule has 116 valence electrons. The second-order valence-electron chi connectivity index (χ2n) is 4.86. The summed E-state index contributed by atoms with van der Waals surface area (Å²) in [6, 6.07) is 5.35. The zero-order valence-electron chi connectivity index (χ0n) is 12.5. The third-order valence-corrected chi connectivity index (χ3v) is 3.03. The predicted molar refractivity (Wildman–Crippen MR) is 77.4 cm³/mol. The number of aliphatic carboxylic acids is 1. The molecular formula is C15H21NO5. The Balaban J connectivity index is 2.54. The molecule has 21 heavy (non-hydrogen) atoms. The minimum absolute atomic E-state index is 0.0146. The van der Waals surface area contributed by atoms with Crippen molar-refractivity contribution in [3.63, 3.8) is 0 Å². The fourth-order valence-corrected chi connectivity index (χ4v) is 1.95. The first-order chi connectivity index (χ1) is 9.96. The summed E-state index contributed by atoms with van der Waals surface area (Å²) >= 11 is 0. The molecule has 1 aromatic rings. The minimum Gasteiger partial charge on any atom is -0.497 e. The molecule has 0 heterocycles. The number of amides is 1. The summed E-state index contributed by atoms with van der Waals surface area (Å²) in [7, 11) is 3.12. The van der Waals surface area contributed by atoms with E-state index in [2.05, 4.69) is 5.32 Å². The maximum Gasteiger partial charge on any atom is 0.303 e. The Morgan fingerprint density at radius 2 is 1.95 bits per heavy atom. The summed E-state index contributed by atoms with van der Waals surface area (Å²) in [5.74, 6) is 0.0410. The summed E-state index contributed by atoms with van der Waals surface area (Å²) in [5, 5.41) is 11.4. The Morgan fingerprint density at radius 3 is 2.52 bits per heavy atom. The fourth-order valence-electron chi connectivity index (χ4n) is 1.95. The lowest BCUT2D eigenvalue weighted by molar-refractivity contribution is -0.138. The molecular weight excluding hydrogens is 274 g/mol. The van der Waals surface area contributed by atoms with Gasteiger partial charge in [-0.15, -0.1) is 0 Å². The average molecular weight is 295 g/mol. The van der Waals surface area contributed by atoms with Crippen LogP contribution in [0.15, 0.2) is 18.2 Å². The highest BCUT2D eigenvalue weighted by atomic mass is 16.5. The van der Waals surface area contributed by atoms with Crippen LogP contribution in [0.1, 0.15) is 25.3 Å². The molecule has 1 unspecified atom stereocenters. The van der Waals surface area contributed by atoms with Crippen molar-refractivity contribution in [2.24, 2.45) is 5.92 Å². The van der Waals surface area contributed by atoms with E-state index in [1.54, 1.807) is 33.3 Å². The van der Waals surface area contributed by atoms with Crippen LogP contribution in [0.4, 0.5) is 0 Å². The van der Waals surface area contributed by atoms with E-state index in [0.29, 0.717) is 18.0 Å². The molecule has 1 rings (SSSR count). The molecule has 0 saturated heterocycles. The maximum atomic E-state index is 11.8. The number of benzene rings is 1. The van der Waals surface area contributed by atoms with Crippen molar-refractivity contribution < 1.29 is 24.2 Å². The SMILES string of the molecule is COc1ccc(CNC(=O)CC(C)CC(=O)O)c(OC)c1. The summed E-state index contributed by atoms with van der Waals surface area (Å²) in [4.78, 5) is 22.3. The van der Waals surface area contributed by atoms with Crippen molar-refractivity contribution in [1.82, 2.24) is 5.32 Å². The highest BCUT2D eigenvalue weighted by molar-refractivity contribution is 5.77. The Labute approximate surface area is 124 Å². The zero-order valence-corrected chi connectivity index (χ0v) is 12.5. The topological polar surface area (TPSA) is 84.9 Å². The van der Waals surface area contributed by atoms with Crippen molar-refractivity contribution in [2.45, 2.75) is 26.3 Å². The van der Waals surface area contributed by atoms with Gasteiger partial charge in [0.05, 0.1) is 14.2 Å². The molecule has 6 nitrogen and oxygen atoms in total. The van der Waals surface area contributed by atoms with Gasteiger partial charge in [0.15, 0.2) is 0 Å². The van der Waals surface area contributed by atoms with Crippen molar-refractivity contribution in [3.8, 4) is 11.5 Å². The van der Waals surface area contributed by atoms with E-state index in [0.717, 1.165) is 5.56 Å². The second-order valence-corrected chi connectivity index (χ2v) is 4.86. The molecule has 0 saturated carbocycles. The molecule has 0 aliphatic rings. The van der Waals surface area contributed by atoms with Crippen molar-refractivity contribution in [2.75, 3.05) is 14.2 Å². The van der Waals surface area contributed by atoms with E-state index in [1.807, 2.05) is 6.07 Å². The van der Waals surface area contributed by atoms with Crippen LogP contribution in [0, 0.1) is 5.92 Å². The van der Waals surface area contributed by atoms with Gasteiger partial charge >= 0.3 is 5.97 Å². The molecule has 0 radical (unpaired) electrons. The maximum absolute atomic E-state index is 11.8. The third-order valence-electron chi connectivity index (χ3n) is 3.03.